The van der Waals surface area contributed by atoms with E-state index in [4.69, 9.17) is 4.74 Å². The van der Waals surface area contributed by atoms with E-state index < -0.39 is 0 Å². The van der Waals surface area contributed by atoms with E-state index in [2.05, 4.69) is 50.4 Å². The quantitative estimate of drug-likeness (QED) is 0.789. The van der Waals surface area contributed by atoms with Gasteiger partial charge in [0.15, 0.2) is 0 Å². The number of rotatable bonds is 7. The lowest BCUT2D eigenvalue weighted by atomic mass is 10.0. The Balaban J connectivity index is 2.43. The molecule has 0 radical (unpaired) electrons. The van der Waals surface area contributed by atoms with Crippen LogP contribution in [-0.4, -0.2) is 13.2 Å². The first-order valence-corrected chi connectivity index (χ1v) is 8.51. The summed E-state index contributed by atoms with van der Waals surface area (Å²) >= 11 is 1.88. The van der Waals surface area contributed by atoms with E-state index in [-0.39, 0.29) is 6.04 Å². The van der Waals surface area contributed by atoms with E-state index in [0.29, 0.717) is 6.61 Å². The van der Waals surface area contributed by atoms with Crippen LogP contribution in [0.4, 0.5) is 0 Å². The van der Waals surface area contributed by atoms with Gasteiger partial charge in [-0.1, -0.05) is 25.1 Å². The van der Waals surface area contributed by atoms with Crippen molar-refractivity contribution in [1.82, 2.24) is 5.32 Å². The van der Waals surface area contributed by atoms with Gasteiger partial charge >= 0.3 is 0 Å². The number of hydrogen-bond donors (Lipinski definition) is 1. The number of para-hydroxylation sites is 1. The Morgan fingerprint density at radius 1 is 1.19 bits per heavy atom. The SMILES string of the molecule is CCCNC(c1ccccc1OCC)c1sc(C)cc1C. The molecular formula is C18H25NOS. The minimum Gasteiger partial charge on any atom is -0.494 e. The number of benzene rings is 1. The smallest absolute Gasteiger partial charge is 0.124 e. The molecule has 0 aliphatic rings. The molecule has 0 aliphatic carbocycles. The summed E-state index contributed by atoms with van der Waals surface area (Å²) in [7, 11) is 0. The Labute approximate surface area is 132 Å². The van der Waals surface area contributed by atoms with Crippen molar-refractivity contribution in [3.63, 3.8) is 0 Å². The summed E-state index contributed by atoms with van der Waals surface area (Å²) in [4.78, 5) is 2.76. The highest BCUT2D eigenvalue weighted by molar-refractivity contribution is 7.12. The minimum atomic E-state index is 0.214. The molecule has 0 aliphatic heterocycles. The van der Waals surface area contributed by atoms with Gasteiger partial charge < -0.3 is 10.1 Å². The molecule has 0 bridgehead atoms. The summed E-state index contributed by atoms with van der Waals surface area (Å²) in [6, 6.07) is 10.9. The first kappa shape index (κ1) is 16.1. The lowest BCUT2D eigenvalue weighted by molar-refractivity contribution is 0.333. The second-order valence-corrected chi connectivity index (χ2v) is 6.55. The van der Waals surface area contributed by atoms with Crippen LogP contribution >= 0.6 is 11.3 Å². The lowest BCUT2D eigenvalue weighted by Gasteiger charge is -2.21. The van der Waals surface area contributed by atoms with Crippen molar-refractivity contribution in [2.45, 2.75) is 40.2 Å². The summed E-state index contributed by atoms with van der Waals surface area (Å²) in [6.07, 6.45) is 1.12. The summed E-state index contributed by atoms with van der Waals surface area (Å²) in [5.74, 6) is 0.985. The third-order valence-electron chi connectivity index (χ3n) is 3.47. The normalized spacial score (nSPS) is 12.4. The Morgan fingerprint density at radius 3 is 2.57 bits per heavy atom. The van der Waals surface area contributed by atoms with Crippen molar-refractivity contribution in [1.29, 1.82) is 0 Å². The lowest BCUT2D eigenvalue weighted by Crippen LogP contribution is -2.23. The Bertz CT molecular complexity index is 576. The Hall–Kier alpha value is -1.32. The first-order valence-electron chi connectivity index (χ1n) is 7.69. The molecule has 1 aromatic carbocycles. The fourth-order valence-corrected chi connectivity index (χ4v) is 3.72. The molecule has 21 heavy (non-hydrogen) atoms. The molecule has 1 unspecified atom stereocenters. The summed E-state index contributed by atoms with van der Waals surface area (Å²) in [6.45, 7) is 10.3. The monoisotopic (exact) mass is 303 g/mol. The molecule has 2 nitrogen and oxygen atoms in total. The van der Waals surface area contributed by atoms with E-state index in [1.807, 2.05) is 24.3 Å². The molecule has 1 atom stereocenters. The zero-order valence-corrected chi connectivity index (χ0v) is 14.2. The maximum atomic E-state index is 5.83. The van der Waals surface area contributed by atoms with E-state index >= 15 is 0 Å². The Kier molecular flexibility index (Phi) is 5.83. The highest BCUT2D eigenvalue weighted by atomic mass is 32.1. The summed E-state index contributed by atoms with van der Waals surface area (Å²) in [5, 5.41) is 3.69. The molecule has 0 saturated carbocycles. The number of aryl methyl sites for hydroxylation is 2. The van der Waals surface area contributed by atoms with Crippen LogP contribution in [0, 0.1) is 13.8 Å². The van der Waals surface area contributed by atoms with E-state index in [9.17, 15) is 0 Å². The van der Waals surface area contributed by atoms with Gasteiger partial charge in [-0.15, -0.1) is 11.3 Å². The molecule has 0 amide bonds. The molecule has 1 aromatic heterocycles. The zero-order chi connectivity index (χ0) is 15.2. The van der Waals surface area contributed by atoms with Crippen molar-refractivity contribution in [3.8, 4) is 5.75 Å². The molecule has 3 heteroatoms. The van der Waals surface area contributed by atoms with Gasteiger partial charge in [-0.2, -0.15) is 0 Å². The van der Waals surface area contributed by atoms with Gasteiger partial charge in [0, 0.05) is 15.3 Å². The molecule has 2 rings (SSSR count). The van der Waals surface area contributed by atoms with Gasteiger partial charge in [0.05, 0.1) is 12.6 Å². The maximum Gasteiger partial charge on any atom is 0.124 e. The average Bonchev–Trinajstić information content (AvgIpc) is 2.80. The van der Waals surface area contributed by atoms with Crippen molar-refractivity contribution >= 4 is 11.3 Å². The number of nitrogens with one attached hydrogen (secondary N) is 1. The molecule has 114 valence electrons. The van der Waals surface area contributed by atoms with Crippen LogP contribution in [0.1, 0.15) is 47.2 Å². The third kappa shape index (κ3) is 3.86. The van der Waals surface area contributed by atoms with Gasteiger partial charge in [-0.05, 0) is 51.4 Å². The first-order chi connectivity index (χ1) is 10.2. The molecule has 0 fully saturated rings. The molecule has 0 saturated heterocycles. The highest BCUT2D eigenvalue weighted by Gasteiger charge is 2.21. The third-order valence-corrected chi connectivity index (χ3v) is 4.69. The van der Waals surface area contributed by atoms with Crippen LogP contribution in [0.25, 0.3) is 0 Å². The number of ether oxygens (including phenoxy) is 1. The topological polar surface area (TPSA) is 21.3 Å². The van der Waals surface area contributed by atoms with Gasteiger partial charge in [-0.25, -0.2) is 0 Å². The van der Waals surface area contributed by atoms with Crippen LogP contribution in [0.2, 0.25) is 0 Å². The molecule has 1 N–H and O–H groups in total. The highest BCUT2D eigenvalue weighted by Crippen LogP contribution is 2.36. The fourth-order valence-electron chi connectivity index (χ4n) is 2.58. The fraction of sp³-hybridized carbons (Fsp3) is 0.444. The minimum absolute atomic E-state index is 0.214. The van der Waals surface area contributed by atoms with Gasteiger partial charge in [0.25, 0.3) is 0 Å². The second-order valence-electron chi connectivity index (χ2n) is 5.26. The van der Waals surface area contributed by atoms with Crippen molar-refractivity contribution < 1.29 is 4.74 Å². The van der Waals surface area contributed by atoms with Crippen LogP contribution in [0.3, 0.4) is 0 Å². The van der Waals surface area contributed by atoms with Crippen molar-refractivity contribution in [2.24, 2.45) is 0 Å². The van der Waals surface area contributed by atoms with Crippen LogP contribution in [0.5, 0.6) is 5.75 Å². The number of thiophene rings is 1. The summed E-state index contributed by atoms with van der Waals surface area (Å²) in [5.41, 5.74) is 2.59. The largest absolute Gasteiger partial charge is 0.494 e. The molecule has 0 spiro atoms. The van der Waals surface area contributed by atoms with Crippen LogP contribution in [-0.2, 0) is 0 Å². The average molecular weight is 303 g/mol. The van der Waals surface area contributed by atoms with E-state index in [0.717, 1.165) is 18.7 Å². The predicted molar refractivity (Wildman–Crippen MR) is 91.5 cm³/mol. The number of hydrogen-bond acceptors (Lipinski definition) is 3. The predicted octanol–water partition coefficient (Wildman–Crippen LogP) is 4.85. The standard InChI is InChI=1S/C18H25NOS/c1-5-11-19-17(18-13(3)12-14(4)21-18)15-9-7-8-10-16(15)20-6-2/h7-10,12,17,19H,5-6,11H2,1-4H3. The van der Waals surface area contributed by atoms with Crippen molar-refractivity contribution in [3.05, 3.63) is 51.2 Å². The van der Waals surface area contributed by atoms with E-state index in [1.54, 1.807) is 0 Å². The van der Waals surface area contributed by atoms with Crippen LogP contribution in [0.15, 0.2) is 30.3 Å². The zero-order valence-electron chi connectivity index (χ0n) is 13.4. The van der Waals surface area contributed by atoms with Gasteiger partial charge in [0.2, 0.25) is 0 Å². The van der Waals surface area contributed by atoms with Crippen molar-refractivity contribution in [2.75, 3.05) is 13.2 Å². The Morgan fingerprint density at radius 2 is 1.95 bits per heavy atom. The van der Waals surface area contributed by atoms with Gasteiger partial charge in [0.1, 0.15) is 5.75 Å². The maximum absolute atomic E-state index is 5.83. The second kappa shape index (κ2) is 7.62. The van der Waals surface area contributed by atoms with Gasteiger partial charge in [-0.3, -0.25) is 0 Å². The molecule has 1 heterocycles. The van der Waals surface area contributed by atoms with E-state index in [1.165, 1.54) is 20.9 Å². The summed E-state index contributed by atoms with van der Waals surface area (Å²) < 4.78 is 5.83. The van der Waals surface area contributed by atoms with Crippen LogP contribution < -0.4 is 10.1 Å². The molecular weight excluding hydrogens is 278 g/mol. The molecule has 2 aromatic rings.